The van der Waals surface area contributed by atoms with Crippen molar-refractivity contribution < 1.29 is 14.5 Å². The first-order chi connectivity index (χ1) is 10.9. The molecule has 1 fully saturated rings. The molecule has 0 saturated carbocycles. The molecule has 1 aromatic carbocycles. The molecule has 2 rings (SSSR count). The second-order valence-corrected chi connectivity index (χ2v) is 6.38. The number of amides is 1. The van der Waals surface area contributed by atoms with Crippen LogP contribution in [0.3, 0.4) is 0 Å². The zero-order chi connectivity index (χ0) is 17.1. The van der Waals surface area contributed by atoms with E-state index < -0.39 is 4.92 Å². The number of nitro groups is 1. The normalized spacial score (nSPS) is 18.1. The Morgan fingerprint density at radius 2 is 2.09 bits per heavy atom. The lowest BCUT2D eigenvalue weighted by Gasteiger charge is -2.33. The SMILES string of the molecule is COc1c(C(=O)N2CCCC[C@@H]2C)cc(C(C)C)cc1[N+](=O)[O-]. The monoisotopic (exact) mass is 320 g/mol. The Labute approximate surface area is 136 Å². The van der Waals surface area contributed by atoms with Crippen LogP contribution in [0.5, 0.6) is 5.75 Å². The average Bonchev–Trinajstić information content (AvgIpc) is 2.53. The highest BCUT2D eigenvalue weighted by Gasteiger charge is 2.31. The Balaban J connectivity index is 2.54. The first-order valence-electron chi connectivity index (χ1n) is 8.04. The highest BCUT2D eigenvalue weighted by molar-refractivity contribution is 5.98. The van der Waals surface area contributed by atoms with E-state index in [1.807, 2.05) is 20.8 Å². The molecule has 0 aliphatic carbocycles. The third-order valence-corrected chi connectivity index (χ3v) is 4.45. The fourth-order valence-electron chi connectivity index (χ4n) is 3.03. The quantitative estimate of drug-likeness (QED) is 0.626. The van der Waals surface area contributed by atoms with Crippen LogP contribution in [0.2, 0.25) is 0 Å². The van der Waals surface area contributed by atoms with Crippen LogP contribution in [0.4, 0.5) is 5.69 Å². The summed E-state index contributed by atoms with van der Waals surface area (Å²) in [4.78, 5) is 25.7. The summed E-state index contributed by atoms with van der Waals surface area (Å²) in [5.41, 5.74) is 0.913. The van der Waals surface area contributed by atoms with Gasteiger partial charge in [0.05, 0.1) is 17.6 Å². The Morgan fingerprint density at radius 1 is 1.39 bits per heavy atom. The summed E-state index contributed by atoms with van der Waals surface area (Å²) in [7, 11) is 1.37. The van der Waals surface area contributed by atoms with E-state index in [1.54, 1.807) is 11.0 Å². The van der Waals surface area contributed by atoms with E-state index in [0.717, 1.165) is 24.8 Å². The molecule has 1 aliphatic heterocycles. The van der Waals surface area contributed by atoms with Crippen LogP contribution in [0.25, 0.3) is 0 Å². The van der Waals surface area contributed by atoms with Gasteiger partial charge in [-0.25, -0.2) is 0 Å². The third-order valence-electron chi connectivity index (χ3n) is 4.45. The molecular formula is C17H24N2O4. The number of nitro benzene ring substituents is 1. The Hall–Kier alpha value is -2.11. The Morgan fingerprint density at radius 3 is 2.61 bits per heavy atom. The summed E-state index contributed by atoms with van der Waals surface area (Å²) in [5, 5.41) is 11.4. The van der Waals surface area contributed by atoms with Crippen LogP contribution >= 0.6 is 0 Å². The van der Waals surface area contributed by atoms with Gasteiger partial charge >= 0.3 is 5.69 Å². The van der Waals surface area contributed by atoms with Gasteiger partial charge in [-0.2, -0.15) is 0 Å². The van der Waals surface area contributed by atoms with Crippen LogP contribution in [0.1, 0.15) is 61.9 Å². The molecule has 1 amide bonds. The van der Waals surface area contributed by atoms with E-state index in [-0.39, 0.29) is 29.3 Å². The van der Waals surface area contributed by atoms with Crippen molar-refractivity contribution in [3.8, 4) is 5.75 Å². The number of methoxy groups -OCH3 is 1. The average molecular weight is 320 g/mol. The molecule has 0 aromatic heterocycles. The van der Waals surface area contributed by atoms with Gasteiger partial charge < -0.3 is 9.64 Å². The number of rotatable bonds is 4. The number of carbonyl (C=O) groups excluding carboxylic acids is 1. The zero-order valence-corrected chi connectivity index (χ0v) is 14.2. The fraction of sp³-hybridized carbons (Fsp3) is 0.588. The van der Waals surface area contributed by atoms with Gasteiger partial charge in [0.15, 0.2) is 0 Å². The van der Waals surface area contributed by atoms with Crippen molar-refractivity contribution in [3.63, 3.8) is 0 Å². The molecule has 1 saturated heterocycles. The molecule has 0 bridgehead atoms. The molecule has 1 atom stereocenters. The van der Waals surface area contributed by atoms with Gasteiger partial charge in [-0.05, 0) is 43.7 Å². The Kier molecular flexibility index (Phi) is 5.23. The van der Waals surface area contributed by atoms with E-state index in [9.17, 15) is 14.9 Å². The number of ether oxygens (including phenoxy) is 1. The molecule has 1 heterocycles. The maximum Gasteiger partial charge on any atom is 0.312 e. The van der Waals surface area contributed by atoms with Crippen LogP contribution in [0.15, 0.2) is 12.1 Å². The van der Waals surface area contributed by atoms with Gasteiger partial charge in [0, 0.05) is 18.7 Å². The maximum atomic E-state index is 13.0. The van der Waals surface area contributed by atoms with Gasteiger partial charge in [-0.15, -0.1) is 0 Å². The summed E-state index contributed by atoms with van der Waals surface area (Å²) in [6.45, 7) is 6.60. The van der Waals surface area contributed by atoms with Crippen LogP contribution in [-0.2, 0) is 0 Å². The molecule has 0 unspecified atom stereocenters. The maximum absolute atomic E-state index is 13.0. The largest absolute Gasteiger partial charge is 0.490 e. The number of benzene rings is 1. The van der Waals surface area contributed by atoms with Crippen LogP contribution in [0, 0.1) is 10.1 Å². The highest BCUT2D eigenvalue weighted by Crippen LogP contribution is 2.36. The van der Waals surface area contributed by atoms with E-state index in [2.05, 4.69) is 0 Å². The minimum atomic E-state index is -0.485. The summed E-state index contributed by atoms with van der Waals surface area (Å²) >= 11 is 0. The van der Waals surface area contributed by atoms with Gasteiger partial charge in [0.1, 0.15) is 0 Å². The minimum absolute atomic E-state index is 0.0576. The summed E-state index contributed by atoms with van der Waals surface area (Å²) in [6, 6.07) is 3.38. The van der Waals surface area contributed by atoms with Crippen molar-refractivity contribution in [2.75, 3.05) is 13.7 Å². The second-order valence-electron chi connectivity index (χ2n) is 6.38. The molecule has 1 aliphatic rings. The van der Waals surface area contributed by atoms with Crippen molar-refractivity contribution >= 4 is 11.6 Å². The predicted molar refractivity (Wildman–Crippen MR) is 88.1 cm³/mol. The molecule has 6 heteroatoms. The van der Waals surface area contributed by atoms with Crippen molar-refractivity contribution in [1.82, 2.24) is 4.90 Å². The number of likely N-dealkylation sites (tertiary alicyclic amines) is 1. The van der Waals surface area contributed by atoms with Gasteiger partial charge in [0.25, 0.3) is 5.91 Å². The smallest absolute Gasteiger partial charge is 0.312 e. The molecule has 1 aromatic rings. The molecular weight excluding hydrogens is 296 g/mol. The standard InChI is InChI=1S/C17H24N2O4/c1-11(2)13-9-14(16(23-4)15(10-13)19(21)22)17(20)18-8-6-5-7-12(18)3/h9-12H,5-8H2,1-4H3/t12-/m0/s1. The first-order valence-corrected chi connectivity index (χ1v) is 8.04. The number of piperidine rings is 1. The van der Waals surface area contributed by atoms with E-state index >= 15 is 0 Å². The third kappa shape index (κ3) is 3.46. The fourth-order valence-corrected chi connectivity index (χ4v) is 3.03. The minimum Gasteiger partial charge on any atom is -0.490 e. The lowest BCUT2D eigenvalue weighted by Crippen LogP contribution is -2.42. The highest BCUT2D eigenvalue weighted by atomic mass is 16.6. The first kappa shape index (κ1) is 17.2. The summed E-state index contributed by atoms with van der Waals surface area (Å²) in [6.07, 6.45) is 3.03. The van der Waals surface area contributed by atoms with Crippen molar-refractivity contribution in [3.05, 3.63) is 33.4 Å². The Bertz CT molecular complexity index is 613. The molecule has 126 valence electrons. The number of hydrogen-bond donors (Lipinski definition) is 0. The topological polar surface area (TPSA) is 72.7 Å². The van der Waals surface area contributed by atoms with Crippen LogP contribution in [-0.4, -0.2) is 35.4 Å². The molecule has 0 radical (unpaired) electrons. The molecule has 0 spiro atoms. The van der Waals surface area contributed by atoms with Gasteiger partial charge in [-0.1, -0.05) is 13.8 Å². The van der Waals surface area contributed by atoms with Crippen LogP contribution < -0.4 is 4.74 Å². The lowest BCUT2D eigenvalue weighted by molar-refractivity contribution is -0.385. The second kappa shape index (κ2) is 6.98. The summed E-state index contributed by atoms with van der Waals surface area (Å²) in [5.74, 6) is -0.0354. The number of hydrogen-bond acceptors (Lipinski definition) is 4. The van der Waals surface area contributed by atoms with E-state index in [1.165, 1.54) is 13.2 Å². The van der Waals surface area contributed by atoms with E-state index in [0.29, 0.717) is 12.1 Å². The zero-order valence-electron chi connectivity index (χ0n) is 14.2. The van der Waals surface area contributed by atoms with Crippen molar-refractivity contribution in [2.24, 2.45) is 0 Å². The van der Waals surface area contributed by atoms with Crippen molar-refractivity contribution in [2.45, 2.75) is 52.0 Å². The summed E-state index contributed by atoms with van der Waals surface area (Å²) < 4.78 is 5.23. The van der Waals surface area contributed by atoms with Crippen molar-refractivity contribution in [1.29, 1.82) is 0 Å². The molecule has 6 nitrogen and oxygen atoms in total. The number of carbonyl (C=O) groups is 1. The molecule has 0 N–H and O–H groups in total. The van der Waals surface area contributed by atoms with E-state index in [4.69, 9.17) is 4.74 Å². The molecule has 23 heavy (non-hydrogen) atoms. The lowest BCUT2D eigenvalue weighted by atomic mass is 9.96. The number of nitrogens with zero attached hydrogens (tertiary/aromatic N) is 2. The van der Waals surface area contributed by atoms with Gasteiger partial charge in [-0.3, -0.25) is 14.9 Å². The predicted octanol–water partition coefficient (Wildman–Crippen LogP) is 3.74. The van der Waals surface area contributed by atoms with Gasteiger partial charge in [0.2, 0.25) is 5.75 Å².